The third-order valence-electron chi connectivity index (χ3n) is 7.20. The fourth-order valence-electron chi connectivity index (χ4n) is 5.02. The van der Waals surface area contributed by atoms with Crippen LogP contribution < -0.4 is 11.1 Å². The lowest BCUT2D eigenvalue weighted by Crippen LogP contribution is -2.59. The van der Waals surface area contributed by atoms with Gasteiger partial charge in [-0.25, -0.2) is 4.79 Å². The number of benzene rings is 3. The predicted molar refractivity (Wildman–Crippen MR) is 145 cm³/mol. The van der Waals surface area contributed by atoms with Crippen molar-refractivity contribution in [3.05, 3.63) is 108 Å². The number of Topliss-reactive ketones (excluding diaryl/α,β-unsaturated/α-hetero) is 1. The van der Waals surface area contributed by atoms with Crippen LogP contribution in [0.4, 0.5) is 4.79 Å². The standard InChI is InChI=1S/C31H34N2O6/c32-26-17-10-18-31(26,29(36)38-20-23-13-6-2-7-14-23)28(35)27(34)25(19-22-11-4-1-5-12-22)33-30(37)39-21-24-15-8-3-9-16-24/h1-9,11-16,25-27,34H,10,17-21,32H2,(H,33,37)/t25-,26?,27+,31?/m1/s1. The van der Waals surface area contributed by atoms with Gasteiger partial charge in [0.1, 0.15) is 24.7 Å². The maximum absolute atomic E-state index is 13.9. The van der Waals surface area contributed by atoms with Gasteiger partial charge in [-0.05, 0) is 36.0 Å². The molecule has 2 unspecified atom stereocenters. The number of esters is 1. The minimum Gasteiger partial charge on any atom is -0.460 e. The summed E-state index contributed by atoms with van der Waals surface area (Å²) >= 11 is 0. The number of ether oxygens (including phenoxy) is 2. The molecule has 4 rings (SSSR count). The van der Waals surface area contributed by atoms with Gasteiger partial charge in [-0.15, -0.1) is 0 Å². The van der Waals surface area contributed by atoms with E-state index in [-0.39, 0.29) is 26.1 Å². The number of aliphatic hydroxyl groups excluding tert-OH is 1. The number of hydrogen-bond donors (Lipinski definition) is 3. The van der Waals surface area contributed by atoms with Gasteiger partial charge in [0.05, 0.1) is 6.04 Å². The Labute approximate surface area is 228 Å². The van der Waals surface area contributed by atoms with Crippen LogP contribution >= 0.6 is 0 Å². The number of rotatable bonds is 11. The number of hydrogen-bond acceptors (Lipinski definition) is 7. The van der Waals surface area contributed by atoms with E-state index in [4.69, 9.17) is 15.2 Å². The highest BCUT2D eigenvalue weighted by Crippen LogP contribution is 2.41. The third kappa shape index (κ3) is 6.90. The van der Waals surface area contributed by atoms with Crippen LogP contribution in [0.1, 0.15) is 36.0 Å². The van der Waals surface area contributed by atoms with Gasteiger partial charge >= 0.3 is 12.1 Å². The monoisotopic (exact) mass is 530 g/mol. The molecule has 8 nitrogen and oxygen atoms in total. The molecule has 4 N–H and O–H groups in total. The van der Waals surface area contributed by atoms with E-state index in [1.54, 1.807) is 0 Å². The van der Waals surface area contributed by atoms with E-state index < -0.39 is 41.4 Å². The summed E-state index contributed by atoms with van der Waals surface area (Å²) in [5, 5.41) is 14.0. The molecular weight excluding hydrogens is 496 g/mol. The number of carbonyl (C=O) groups is 3. The number of alkyl carbamates (subject to hydrolysis) is 1. The largest absolute Gasteiger partial charge is 0.460 e. The lowest BCUT2D eigenvalue weighted by atomic mass is 9.74. The van der Waals surface area contributed by atoms with Crippen molar-refractivity contribution >= 4 is 17.8 Å². The maximum Gasteiger partial charge on any atom is 0.407 e. The summed E-state index contributed by atoms with van der Waals surface area (Å²) in [4.78, 5) is 40.0. The first-order valence-corrected chi connectivity index (χ1v) is 13.1. The second kappa shape index (κ2) is 13.2. The van der Waals surface area contributed by atoms with Gasteiger partial charge in [-0.2, -0.15) is 0 Å². The zero-order chi connectivity index (χ0) is 27.7. The molecule has 3 aromatic rings. The molecular formula is C31H34N2O6. The van der Waals surface area contributed by atoms with E-state index in [9.17, 15) is 19.5 Å². The second-order valence-corrected chi connectivity index (χ2v) is 9.84. The molecule has 39 heavy (non-hydrogen) atoms. The Balaban J connectivity index is 1.52. The molecule has 1 aliphatic rings. The lowest BCUT2D eigenvalue weighted by molar-refractivity contribution is -0.165. The van der Waals surface area contributed by atoms with Crippen LogP contribution in [0.15, 0.2) is 91.0 Å². The van der Waals surface area contributed by atoms with E-state index in [1.807, 2.05) is 91.0 Å². The van der Waals surface area contributed by atoms with E-state index in [1.165, 1.54) is 0 Å². The fourth-order valence-corrected chi connectivity index (χ4v) is 5.02. The third-order valence-corrected chi connectivity index (χ3v) is 7.20. The van der Waals surface area contributed by atoms with E-state index >= 15 is 0 Å². The van der Waals surface area contributed by atoms with Crippen LogP contribution in [0.25, 0.3) is 0 Å². The van der Waals surface area contributed by atoms with Crippen LogP contribution in [0, 0.1) is 5.41 Å². The number of nitrogens with one attached hydrogen (secondary N) is 1. The average molecular weight is 531 g/mol. The molecule has 204 valence electrons. The van der Waals surface area contributed by atoms with Gasteiger partial charge in [0.25, 0.3) is 0 Å². The van der Waals surface area contributed by atoms with Gasteiger partial charge in [0.2, 0.25) is 0 Å². The van der Waals surface area contributed by atoms with E-state index in [0.717, 1.165) is 16.7 Å². The zero-order valence-corrected chi connectivity index (χ0v) is 21.7. The molecule has 4 atom stereocenters. The highest BCUT2D eigenvalue weighted by Gasteiger charge is 2.57. The number of amides is 1. The van der Waals surface area contributed by atoms with Gasteiger partial charge < -0.3 is 25.6 Å². The van der Waals surface area contributed by atoms with Crippen LogP contribution in [0.2, 0.25) is 0 Å². The second-order valence-electron chi connectivity index (χ2n) is 9.84. The van der Waals surface area contributed by atoms with Gasteiger partial charge in [0, 0.05) is 6.04 Å². The summed E-state index contributed by atoms with van der Waals surface area (Å²) in [7, 11) is 0. The fraction of sp³-hybridized carbons (Fsp3) is 0.323. The lowest BCUT2D eigenvalue weighted by Gasteiger charge is -2.34. The first kappa shape index (κ1) is 28.0. The summed E-state index contributed by atoms with van der Waals surface area (Å²) < 4.78 is 10.9. The van der Waals surface area contributed by atoms with Crippen molar-refractivity contribution in [1.29, 1.82) is 0 Å². The first-order chi connectivity index (χ1) is 18.9. The maximum atomic E-state index is 13.9. The molecule has 3 aromatic carbocycles. The summed E-state index contributed by atoms with van der Waals surface area (Å²) in [6.45, 7) is 0.00438. The molecule has 1 aliphatic carbocycles. The molecule has 0 radical (unpaired) electrons. The molecule has 0 aromatic heterocycles. The summed E-state index contributed by atoms with van der Waals surface area (Å²) in [5.74, 6) is -1.51. The topological polar surface area (TPSA) is 128 Å². The first-order valence-electron chi connectivity index (χ1n) is 13.1. The number of carbonyl (C=O) groups excluding carboxylic acids is 3. The van der Waals surface area contributed by atoms with Crippen LogP contribution in [-0.2, 0) is 38.7 Å². The van der Waals surface area contributed by atoms with Crippen molar-refractivity contribution in [2.75, 3.05) is 0 Å². The minimum atomic E-state index is -1.72. The highest BCUT2D eigenvalue weighted by molar-refractivity contribution is 6.07. The number of ketones is 1. The van der Waals surface area contributed by atoms with Crippen molar-refractivity contribution in [2.45, 2.75) is 57.1 Å². The SMILES string of the molecule is NC1CCCC1(C(=O)OCc1ccccc1)C(=O)[C@@H](O)[C@@H](Cc1ccccc1)NC(=O)OCc1ccccc1. The van der Waals surface area contributed by atoms with Crippen molar-refractivity contribution < 1.29 is 29.0 Å². The number of aliphatic hydroxyl groups is 1. The highest BCUT2D eigenvalue weighted by atomic mass is 16.5. The van der Waals surface area contributed by atoms with Crippen molar-refractivity contribution in [2.24, 2.45) is 11.1 Å². The van der Waals surface area contributed by atoms with Crippen molar-refractivity contribution in [1.82, 2.24) is 5.32 Å². The quantitative estimate of drug-likeness (QED) is 0.255. The average Bonchev–Trinajstić information content (AvgIpc) is 3.37. The summed E-state index contributed by atoms with van der Waals surface area (Å²) in [6.07, 6.45) is -1.23. The predicted octanol–water partition coefficient (Wildman–Crippen LogP) is 3.70. The Hall–Kier alpha value is -4.01. The Morgan fingerprint density at radius 3 is 1.87 bits per heavy atom. The molecule has 1 fully saturated rings. The zero-order valence-electron chi connectivity index (χ0n) is 21.7. The molecule has 8 heteroatoms. The molecule has 1 amide bonds. The molecule has 0 aliphatic heterocycles. The van der Waals surface area contributed by atoms with Crippen molar-refractivity contribution in [3.63, 3.8) is 0 Å². The minimum absolute atomic E-state index is 0.0188. The number of nitrogens with two attached hydrogens (primary N) is 1. The van der Waals surface area contributed by atoms with Crippen LogP contribution in [0.5, 0.6) is 0 Å². The smallest absolute Gasteiger partial charge is 0.407 e. The van der Waals surface area contributed by atoms with Gasteiger partial charge in [0.15, 0.2) is 5.78 Å². The summed E-state index contributed by atoms with van der Waals surface area (Å²) in [5.41, 5.74) is 6.98. The van der Waals surface area contributed by atoms with E-state index in [2.05, 4.69) is 5.32 Å². The Kier molecular flexibility index (Phi) is 9.46. The molecule has 0 spiro atoms. The Morgan fingerprint density at radius 2 is 1.36 bits per heavy atom. The van der Waals surface area contributed by atoms with Crippen LogP contribution in [-0.4, -0.2) is 41.1 Å². The van der Waals surface area contributed by atoms with Crippen molar-refractivity contribution in [3.8, 4) is 0 Å². The Bertz CT molecular complexity index is 1240. The summed E-state index contributed by atoms with van der Waals surface area (Å²) in [6, 6.07) is 25.6. The molecule has 1 saturated carbocycles. The molecule has 0 saturated heterocycles. The molecule has 0 heterocycles. The van der Waals surface area contributed by atoms with Crippen LogP contribution in [0.3, 0.4) is 0 Å². The Morgan fingerprint density at radius 1 is 0.846 bits per heavy atom. The molecule has 0 bridgehead atoms. The van der Waals surface area contributed by atoms with Gasteiger partial charge in [-0.1, -0.05) is 97.4 Å². The van der Waals surface area contributed by atoms with E-state index in [0.29, 0.717) is 12.8 Å². The van der Waals surface area contributed by atoms with Gasteiger partial charge in [-0.3, -0.25) is 9.59 Å². The normalized spacial score (nSPS) is 20.0.